The molecular formula is C22H26N4O2S. The summed E-state index contributed by atoms with van der Waals surface area (Å²) >= 11 is 5.50. The maximum Gasteiger partial charge on any atom is 0.288 e. The number of para-hydroxylation sites is 1. The molecule has 1 amide bonds. The Morgan fingerprint density at radius 1 is 1.10 bits per heavy atom. The number of fused-ring (bicyclic) bond motifs is 1. The van der Waals surface area contributed by atoms with Crippen LogP contribution in [0.2, 0.25) is 0 Å². The van der Waals surface area contributed by atoms with Crippen molar-refractivity contribution in [3.05, 3.63) is 36.0 Å². The zero-order valence-corrected chi connectivity index (χ0v) is 17.3. The first-order valence-electron chi connectivity index (χ1n) is 10.4. The molecule has 4 fully saturated rings. The van der Waals surface area contributed by atoms with Crippen LogP contribution in [-0.2, 0) is 0 Å². The monoisotopic (exact) mass is 410 g/mol. The van der Waals surface area contributed by atoms with Gasteiger partial charge in [-0.25, -0.2) is 4.98 Å². The Hall–Kier alpha value is -2.41. The molecule has 0 radical (unpaired) electrons. The first-order chi connectivity index (χ1) is 14.0. The minimum atomic E-state index is -0.344. The number of hydrogen-bond acceptors (Lipinski definition) is 4. The van der Waals surface area contributed by atoms with Crippen molar-refractivity contribution in [2.24, 2.45) is 17.8 Å². The molecule has 3 N–H and O–H groups in total. The molecule has 152 valence electrons. The van der Waals surface area contributed by atoms with Crippen molar-refractivity contribution in [1.29, 1.82) is 0 Å². The van der Waals surface area contributed by atoms with Crippen LogP contribution in [0.3, 0.4) is 0 Å². The van der Waals surface area contributed by atoms with E-state index in [1.807, 2.05) is 24.3 Å². The van der Waals surface area contributed by atoms with Gasteiger partial charge in [-0.2, -0.15) is 0 Å². The molecule has 0 spiro atoms. The normalized spacial score (nSPS) is 29.5. The molecule has 1 aromatic heterocycles. The van der Waals surface area contributed by atoms with Gasteiger partial charge >= 0.3 is 0 Å². The van der Waals surface area contributed by atoms with Gasteiger partial charge in [0.15, 0.2) is 5.11 Å². The average molecular weight is 411 g/mol. The van der Waals surface area contributed by atoms with E-state index < -0.39 is 0 Å². The third kappa shape index (κ3) is 3.52. The molecule has 0 aliphatic heterocycles. The van der Waals surface area contributed by atoms with Gasteiger partial charge in [0.1, 0.15) is 11.4 Å². The van der Waals surface area contributed by atoms with Gasteiger partial charge in [0.2, 0.25) is 0 Å². The molecule has 6 rings (SSSR count). The summed E-state index contributed by atoms with van der Waals surface area (Å²) < 4.78 is 5.42. The van der Waals surface area contributed by atoms with E-state index in [0.717, 1.165) is 23.1 Å². The number of carbonyl (C=O) groups is 1. The molecule has 7 heteroatoms. The van der Waals surface area contributed by atoms with Gasteiger partial charge < -0.3 is 10.1 Å². The third-order valence-corrected chi connectivity index (χ3v) is 7.04. The number of rotatable bonds is 3. The van der Waals surface area contributed by atoms with Crippen LogP contribution in [0.25, 0.3) is 10.9 Å². The fraction of sp³-hybridized carbons (Fsp3) is 0.500. The number of thiocarbonyl (C=S) groups is 1. The molecule has 6 nitrogen and oxygen atoms in total. The lowest BCUT2D eigenvalue weighted by molar-refractivity contribution is -0.0102. The molecule has 4 saturated carbocycles. The van der Waals surface area contributed by atoms with Crippen molar-refractivity contribution in [2.75, 3.05) is 7.11 Å². The SMILES string of the molecule is COc1cc(C(=O)NNC(=S)NC23CC4CC(CC(C4)C2)C3)nc2ccccc12. The number of hydrazine groups is 1. The van der Waals surface area contributed by atoms with Crippen LogP contribution in [0.4, 0.5) is 0 Å². The minimum Gasteiger partial charge on any atom is -0.496 e. The highest BCUT2D eigenvalue weighted by atomic mass is 32.1. The highest BCUT2D eigenvalue weighted by molar-refractivity contribution is 7.80. The van der Waals surface area contributed by atoms with Crippen molar-refractivity contribution in [1.82, 2.24) is 21.2 Å². The maximum absolute atomic E-state index is 12.6. The van der Waals surface area contributed by atoms with E-state index in [2.05, 4.69) is 21.2 Å². The highest BCUT2D eigenvalue weighted by Gasteiger charge is 2.51. The van der Waals surface area contributed by atoms with Crippen molar-refractivity contribution >= 4 is 34.1 Å². The fourth-order valence-electron chi connectivity index (χ4n) is 6.14. The average Bonchev–Trinajstić information content (AvgIpc) is 2.69. The van der Waals surface area contributed by atoms with Crippen molar-refractivity contribution in [3.8, 4) is 5.75 Å². The standard InChI is InChI=1S/C22H26N4O2S/c1-28-19-9-18(23-17-5-3-2-4-16(17)19)20(27)25-26-21(29)24-22-10-13-6-14(11-22)8-15(7-13)12-22/h2-5,9,13-15H,6-8,10-12H2,1H3,(H,25,27)(H2,24,26,29). The number of aromatic nitrogens is 1. The van der Waals surface area contributed by atoms with Gasteiger partial charge in [-0.1, -0.05) is 12.1 Å². The summed E-state index contributed by atoms with van der Waals surface area (Å²) in [5.74, 6) is 2.78. The first kappa shape index (κ1) is 18.6. The number of nitrogens with zero attached hydrogens (tertiary/aromatic N) is 1. The summed E-state index contributed by atoms with van der Waals surface area (Å²) in [6, 6.07) is 9.24. The summed E-state index contributed by atoms with van der Waals surface area (Å²) in [5, 5.41) is 4.90. The predicted octanol–water partition coefficient (Wildman–Crippen LogP) is 3.32. The van der Waals surface area contributed by atoms with Gasteiger partial charge in [-0.05, 0) is 80.6 Å². The van der Waals surface area contributed by atoms with Crippen LogP contribution in [0.1, 0.15) is 49.0 Å². The second kappa shape index (κ2) is 7.13. The van der Waals surface area contributed by atoms with Gasteiger partial charge in [-0.3, -0.25) is 15.6 Å². The molecule has 1 heterocycles. The lowest BCUT2D eigenvalue weighted by Crippen LogP contribution is -2.62. The Balaban J connectivity index is 1.24. The Bertz CT molecular complexity index is 941. The van der Waals surface area contributed by atoms with Gasteiger partial charge in [0.25, 0.3) is 5.91 Å². The fourth-order valence-corrected chi connectivity index (χ4v) is 6.41. The number of hydrogen-bond donors (Lipinski definition) is 3. The van der Waals surface area contributed by atoms with E-state index in [1.165, 1.54) is 38.5 Å². The molecule has 4 aliphatic carbocycles. The second-order valence-electron chi connectivity index (χ2n) is 8.96. The number of ether oxygens (including phenoxy) is 1. The van der Waals surface area contributed by atoms with Crippen LogP contribution >= 0.6 is 12.2 Å². The van der Waals surface area contributed by atoms with Crippen LogP contribution in [0.5, 0.6) is 5.75 Å². The van der Waals surface area contributed by atoms with E-state index in [-0.39, 0.29) is 17.1 Å². The smallest absolute Gasteiger partial charge is 0.288 e. The number of pyridine rings is 1. The van der Waals surface area contributed by atoms with Gasteiger partial charge in [-0.15, -0.1) is 0 Å². The van der Waals surface area contributed by atoms with Crippen LogP contribution < -0.4 is 20.9 Å². The lowest BCUT2D eigenvalue weighted by atomic mass is 9.53. The number of nitrogens with one attached hydrogen (secondary N) is 3. The van der Waals surface area contributed by atoms with E-state index in [9.17, 15) is 4.79 Å². The molecule has 29 heavy (non-hydrogen) atoms. The summed E-state index contributed by atoms with van der Waals surface area (Å²) in [7, 11) is 1.59. The zero-order valence-electron chi connectivity index (χ0n) is 16.5. The topological polar surface area (TPSA) is 75.3 Å². The Morgan fingerprint density at radius 2 is 1.76 bits per heavy atom. The number of benzene rings is 1. The Kier molecular flexibility index (Phi) is 4.57. The summed E-state index contributed by atoms with van der Waals surface area (Å²) in [5.41, 5.74) is 6.67. The minimum absolute atomic E-state index is 0.105. The molecule has 2 aromatic rings. The van der Waals surface area contributed by atoms with E-state index >= 15 is 0 Å². The third-order valence-electron chi connectivity index (χ3n) is 6.84. The molecule has 0 saturated heterocycles. The Labute approximate surface area is 175 Å². The summed E-state index contributed by atoms with van der Waals surface area (Å²) in [6.45, 7) is 0. The van der Waals surface area contributed by atoms with Crippen molar-refractivity contribution < 1.29 is 9.53 Å². The quantitative estimate of drug-likeness (QED) is 0.532. The molecule has 1 aromatic carbocycles. The van der Waals surface area contributed by atoms with Crippen LogP contribution in [-0.4, -0.2) is 28.7 Å². The summed E-state index contributed by atoms with van der Waals surface area (Å²) in [6.07, 6.45) is 7.72. The molecule has 4 bridgehead atoms. The zero-order chi connectivity index (χ0) is 20.0. The van der Waals surface area contributed by atoms with E-state index in [1.54, 1.807) is 13.2 Å². The largest absolute Gasteiger partial charge is 0.496 e. The highest BCUT2D eigenvalue weighted by Crippen LogP contribution is 2.55. The number of methoxy groups -OCH3 is 1. The van der Waals surface area contributed by atoms with E-state index in [4.69, 9.17) is 17.0 Å². The lowest BCUT2D eigenvalue weighted by Gasteiger charge is -2.57. The van der Waals surface area contributed by atoms with Crippen molar-refractivity contribution in [2.45, 2.75) is 44.1 Å². The first-order valence-corrected chi connectivity index (χ1v) is 10.8. The van der Waals surface area contributed by atoms with E-state index in [0.29, 0.717) is 16.4 Å². The summed E-state index contributed by atoms with van der Waals surface area (Å²) in [4.78, 5) is 17.1. The molecule has 0 unspecified atom stereocenters. The predicted molar refractivity (Wildman–Crippen MR) is 116 cm³/mol. The maximum atomic E-state index is 12.6. The molecular weight excluding hydrogens is 384 g/mol. The molecule has 0 atom stereocenters. The number of carbonyl (C=O) groups excluding carboxylic acids is 1. The van der Waals surface area contributed by atoms with Crippen LogP contribution in [0.15, 0.2) is 30.3 Å². The van der Waals surface area contributed by atoms with Crippen molar-refractivity contribution in [3.63, 3.8) is 0 Å². The van der Waals surface area contributed by atoms with Gasteiger partial charge in [0.05, 0.1) is 12.6 Å². The molecule has 4 aliphatic rings. The van der Waals surface area contributed by atoms with Gasteiger partial charge in [0, 0.05) is 17.0 Å². The number of amides is 1. The second-order valence-corrected chi connectivity index (χ2v) is 9.37. The van der Waals surface area contributed by atoms with Crippen LogP contribution in [0, 0.1) is 17.8 Å². The Morgan fingerprint density at radius 3 is 2.41 bits per heavy atom.